The minimum Gasteiger partial charge on any atom is -0.462 e. The quantitative estimate of drug-likeness (QED) is 0.0261. The number of allylic oxidation sites excluding steroid dienone is 22. The number of hydrogen-bond acceptors (Lipinski definition) is 6. The lowest BCUT2D eigenvalue weighted by Crippen LogP contribution is -2.30. The summed E-state index contributed by atoms with van der Waals surface area (Å²) in [5, 5.41) is 0. The largest absolute Gasteiger partial charge is 0.462 e. The Balaban J connectivity index is 4.31. The summed E-state index contributed by atoms with van der Waals surface area (Å²) in [6.07, 6.45) is 99.0. The van der Waals surface area contributed by atoms with Crippen molar-refractivity contribution in [1.29, 1.82) is 0 Å². The fourth-order valence-corrected chi connectivity index (χ4v) is 9.47. The molecule has 0 N–H and O–H groups in total. The van der Waals surface area contributed by atoms with Gasteiger partial charge >= 0.3 is 17.9 Å². The summed E-state index contributed by atoms with van der Waals surface area (Å²) in [5.41, 5.74) is 0. The molecule has 0 bridgehead atoms. The fourth-order valence-electron chi connectivity index (χ4n) is 9.47. The molecule has 0 aliphatic carbocycles. The Morgan fingerprint density at radius 3 is 0.735 bits per heavy atom. The first kappa shape index (κ1) is 78.5. The third-order valence-corrected chi connectivity index (χ3v) is 14.6. The SMILES string of the molecule is CC/C=C\C/C=C\C/C=C\C/C=C\C/C=C\C/C=C\C/C=C\C/C=C\C/C=C\CCCCCCCC(=O)OCC(COC(=O)CCCCCCCCCCCCC)OC(=O)CCCCCCCCCCC/C=C\C/C=C\CCCCCCC. The van der Waals surface area contributed by atoms with Crippen molar-refractivity contribution < 1.29 is 28.6 Å². The number of carbonyl (C=O) groups excluding carboxylic acids is 3. The molecule has 0 aromatic rings. The Morgan fingerprint density at radius 2 is 0.470 bits per heavy atom. The Bertz CT molecular complexity index is 1750. The van der Waals surface area contributed by atoms with E-state index in [1.807, 2.05) is 0 Å². The first-order valence-electron chi connectivity index (χ1n) is 34.7. The van der Waals surface area contributed by atoms with Gasteiger partial charge in [0.05, 0.1) is 0 Å². The highest BCUT2D eigenvalue weighted by molar-refractivity contribution is 5.71. The fraction of sp³-hybridized carbons (Fsp3) is 0.675. The van der Waals surface area contributed by atoms with Crippen molar-refractivity contribution in [2.75, 3.05) is 13.2 Å². The van der Waals surface area contributed by atoms with Crippen LogP contribution in [0.4, 0.5) is 0 Å². The highest BCUT2D eigenvalue weighted by atomic mass is 16.6. The van der Waals surface area contributed by atoms with Gasteiger partial charge in [0.15, 0.2) is 6.10 Å². The van der Waals surface area contributed by atoms with Crippen molar-refractivity contribution in [3.63, 3.8) is 0 Å². The maximum atomic E-state index is 12.9. The van der Waals surface area contributed by atoms with Crippen LogP contribution in [-0.2, 0) is 28.6 Å². The molecular formula is C77H128O6. The van der Waals surface area contributed by atoms with Gasteiger partial charge in [-0.2, -0.15) is 0 Å². The van der Waals surface area contributed by atoms with Crippen LogP contribution in [0.3, 0.4) is 0 Å². The standard InChI is InChI=1S/C77H128O6/c1-4-7-10-13-16-19-22-24-26-28-30-32-33-34-35-36-37-38-39-40-41-42-43-45-46-48-50-52-55-58-61-64-67-70-76(79)82-73-74(72-81-75(78)69-66-63-60-57-54-21-18-15-12-9-6-3)83-77(80)71-68-65-62-59-56-53-51-49-47-44-31-29-27-25-23-20-17-14-11-8-5-2/h7,10,16,19,23-26,29-32,34-35,37-38,40-41,43,45,48,50,74H,4-6,8-9,11-15,17-18,20-22,27-28,33,36,39,42,44,46-47,49,51-73H2,1-3H3/b10-7-,19-16-,25-23-,26-24-,31-29-,32-30-,35-34-,38-37-,41-40-,45-43-,50-48-. The van der Waals surface area contributed by atoms with Crippen molar-refractivity contribution in [3.8, 4) is 0 Å². The van der Waals surface area contributed by atoms with Gasteiger partial charge < -0.3 is 14.2 Å². The van der Waals surface area contributed by atoms with Gasteiger partial charge in [-0.25, -0.2) is 0 Å². The van der Waals surface area contributed by atoms with Crippen molar-refractivity contribution in [2.24, 2.45) is 0 Å². The van der Waals surface area contributed by atoms with E-state index < -0.39 is 6.10 Å². The zero-order chi connectivity index (χ0) is 59.9. The summed E-state index contributed by atoms with van der Waals surface area (Å²) in [6, 6.07) is 0. The minimum absolute atomic E-state index is 0.0861. The molecular weight excluding hydrogens is 1020 g/mol. The molecule has 1 unspecified atom stereocenters. The Hall–Kier alpha value is -4.45. The topological polar surface area (TPSA) is 78.9 Å². The third kappa shape index (κ3) is 68.2. The summed E-state index contributed by atoms with van der Waals surface area (Å²) >= 11 is 0. The lowest BCUT2D eigenvalue weighted by atomic mass is 10.1. The Labute approximate surface area is 513 Å². The van der Waals surface area contributed by atoms with Crippen LogP contribution in [0.2, 0.25) is 0 Å². The monoisotopic (exact) mass is 1150 g/mol. The van der Waals surface area contributed by atoms with Crippen molar-refractivity contribution in [2.45, 2.75) is 322 Å². The molecule has 472 valence electrons. The molecule has 0 heterocycles. The van der Waals surface area contributed by atoms with Crippen LogP contribution in [0.15, 0.2) is 134 Å². The molecule has 0 rings (SSSR count). The molecule has 0 aromatic heterocycles. The number of ether oxygens (including phenoxy) is 3. The molecule has 0 saturated carbocycles. The summed E-state index contributed by atoms with van der Waals surface area (Å²) in [5.74, 6) is -0.904. The zero-order valence-electron chi connectivity index (χ0n) is 54.2. The molecule has 0 amide bonds. The van der Waals surface area contributed by atoms with E-state index in [0.717, 1.165) is 141 Å². The number of esters is 3. The average molecular weight is 1150 g/mol. The maximum absolute atomic E-state index is 12.9. The molecule has 1 atom stereocenters. The van der Waals surface area contributed by atoms with E-state index >= 15 is 0 Å². The van der Waals surface area contributed by atoms with E-state index in [9.17, 15) is 14.4 Å². The summed E-state index contributed by atoms with van der Waals surface area (Å²) in [6.45, 7) is 6.51. The molecule has 0 aliphatic heterocycles. The number of unbranched alkanes of at least 4 members (excludes halogenated alkanes) is 29. The first-order valence-corrected chi connectivity index (χ1v) is 34.7. The second kappa shape index (κ2) is 70.0. The van der Waals surface area contributed by atoms with Gasteiger partial charge in [0, 0.05) is 19.3 Å². The molecule has 0 spiro atoms. The van der Waals surface area contributed by atoms with Gasteiger partial charge in [-0.05, 0) is 122 Å². The van der Waals surface area contributed by atoms with Crippen LogP contribution >= 0.6 is 0 Å². The minimum atomic E-state index is -0.792. The highest BCUT2D eigenvalue weighted by Crippen LogP contribution is 2.16. The number of hydrogen-bond donors (Lipinski definition) is 0. The van der Waals surface area contributed by atoms with Crippen LogP contribution < -0.4 is 0 Å². The molecule has 0 aromatic carbocycles. The van der Waals surface area contributed by atoms with Crippen LogP contribution in [-0.4, -0.2) is 37.2 Å². The van der Waals surface area contributed by atoms with Crippen LogP contribution in [0.25, 0.3) is 0 Å². The zero-order valence-corrected chi connectivity index (χ0v) is 54.2. The van der Waals surface area contributed by atoms with E-state index in [-0.39, 0.29) is 31.1 Å². The molecule has 0 saturated heterocycles. The van der Waals surface area contributed by atoms with E-state index in [4.69, 9.17) is 14.2 Å². The van der Waals surface area contributed by atoms with Crippen molar-refractivity contribution >= 4 is 17.9 Å². The molecule has 0 radical (unpaired) electrons. The summed E-state index contributed by atoms with van der Waals surface area (Å²) in [4.78, 5) is 38.3. The van der Waals surface area contributed by atoms with Gasteiger partial charge in [0.2, 0.25) is 0 Å². The van der Waals surface area contributed by atoms with E-state index in [1.165, 1.54) is 135 Å². The van der Waals surface area contributed by atoms with Crippen LogP contribution in [0.1, 0.15) is 316 Å². The molecule has 6 heteroatoms. The van der Waals surface area contributed by atoms with Crippen molar-refractivity contribution in [3.05, 3.63) is 134 Å². The lowest BCUT2D eigenvalue weighted by molar-refractivity contribution is -0.167. The molecule has 0 aliphatic rings. The molecule has 83 heavy (non-hydrogen) atoms. The number of carbonyl (C=O) groups is 3. The normalized spacial score (nSPS) is 13.0. The van der Waals surface area contributed by atoms with Crippen molar-refractivity contribution in [1.82, 2.24) is 0 Å². The van der Waals surface area contributed by atoms with Crippen LogP contribution in [0.5, 0.6) is 0 Å². The Kier molecular flexibility index (Phi) is 66.3. The average Bonchev–Trinajstić information content (AvgIpc) is 3.48. The number of rotatable bonds is 62. The predicted octanol–water partition coefficient (Wildman–Crippen LogP) is 24.1. The molecule has 6 nitrogen and oxygen atoms in total. The van der Waals surface area contributed by atoms with Gasteiger partial charge in [-0.15, -0.1) is 0 Å². The van der Waals surface area contributed by atoms with Gasteiger partial charge in [-0.3, -0.25) is 14.4 Å². The van der Waals surface area contributed by atoms with Gasteiger partial charge in [-0.1, -0.05) is 309 Å². The summed E-state index contributed by atoms with van der Waals surface area (Å²) in [7, 11) is 0. The maximum Gasteiger partial charge on any atom is 0.306 e. The van der Waals surface area contributed by atoms with E-state index in [2.05, 4.69) is 154 Å². The predicted molar refractivity (Wildman–Crippen MR) is 362 cm³/mol. The molecule has 0 fully saturated rings. The first-order chi connectivity index (χ1) is 41.0. The highest BCUT2D eigenvalue weighted by Gasteiger charge is 2.19. The smallest absolute Gasteiger partial charge is 0.306 e. The van der Waals surface area contributed by atoms with E-state index in [1.54, 1.807) is 0 Å². The second-order valence-electron chi connectivity index (χ2n) is 22.7. The van der Waals surface area contributed by atoms with Gasteiger partial charge in [0.1, 0.15) is 13.2 Å². The van der Waals surface area contributed by atoms with Crippen LogP contribution in [0, 0.1) is 0 Å². The van der Waals surface area contributed by atoms with E-state index in [0.29, 0.717) is 19.3 Å². The third-order valence-electron chi connectivity index (χ3n) is 14.6. The Morgan fingerprint density at radius 1 is 0.253 bits per heavy atom. The second-order valence-corrected chi connectivity index (χ2v) is 22.7. The van der Waals surface area contributed by atoms with Gasteiger partial charge in [0.25, 0.3) is 0 Å². The lowest BCUT2D eigenvalue weighted by Gasteiger charge is -2.18. The summed E-state index contributed by atoms with van der Waals surface area (Å²) < 4.78 is 16.9.